The van der Waals surface area contributed by atoms with Gasteiger partial charge < -0.3 is 10.2 Å². The molecule has 6 nitrogen and oxygen atoms in total. The van der Waals surface area contributed by atoms with Crippen molar-refractivity contribution >= 4 is 23.0 Å². The summed E-state index contributed by atoms with van der Waals surface area (Å²) in [4.78, 5) is 32.2. The summed E-state index contributed by atoms with van der Waals surface area (Å²) in [6, 6.07) is 13.4. The molecule has 27 heavy (non-hydrogen) atoms. The Balaban J connectivity index is 1.77. The van der Waals surface area contributed by atoms with Crippen molar-refractivity contribution in [3.05, 3.63) is 65.7 Å². The van der Waals surface area contributed by atoms with Gasteiger partial charge in [0.2, 0.25) is 5.82 Å². The van der Waals surface area contributed by atoms with E-state index in [1.807, 2.05) is 63.2 Å². The fourth-order valence-electron chi connectivity index (χ4n) is 3.43. The standard InChI is InChI=1S/C21H22N4O2/c1-21(2,3)23-19(26)18-22-17(16-10-6-7-12-24(16)18)20(27)25-13-11-14-8-4-5-9-15(14)25/h4-10,12H,11,13H2,1-3H3,(H,23,26). The molecule has 0 bridgehead atoms. The molecule has 2 amide bonds. The first-order valence-electron chi connectivity index (χ1n) is 9.04. The minimum Gasteiger partial charge on any atom is -0.345 e. The number of para-hydroxylation sites is 1. The first kappa shape index (κ1) is 17.3. The monoisotopic (exact) mass is 362 g/mol. The van der Waals surface area contributed by atoms with Gasteiger partial charge in [-0.15, -0.1) is 0 Å². The number of pyridine rings is 1. The van der Waals surface area contributed by atoms with Crippen LogP contribution in [0.4, 0.5) is 5.69 Å². The first-order chi connectivity index (χ1) is 12.8. The lowest BCUT2D eigenvalue weighted by Crippen LogP contribution is -2.41. The van der Waals surface area contributed by atoms with Gasteiger partial charge >= 0.3 is 0 Å². The topological polar surface area (TPSA) is 66.7 Å². The average molecular weight is 362 g/mol. The summed E-state index contributed by atoms with van der Waals surface area (Å²) in [5.41, 5.74) is 2.60. The van der Waals surface area contributed by atoms with Crippen LogP contribution < -0.4 is 10.2 Å². The number of amides is 2. The minimum absolute atomic E-state index is 0.182. The number of carbonyl (C=O) groups excluding carboxylic acids is 2. The number of hydrogen-bond acceptors (Lipinski definition) is 3. The molecule has 0 atom stereocenters. The van der Waals surface area contributed by atoms with E-state index in [2.05, 4.69) is 10.3 Å². The van der Waals surface area contributed by atoms with Gasteiger partial charge in [-0.3, -0.25) is 14.0 Å². The van der Waals surface area contributed by atoms with E-state index in [0.717, 1.165) is 17.7 Å². The summed E-state index contributed by atoms with van der Waals surface area (Å²) >= 11 is 0. The quantitative estimate of drug-likeness (QED) is 0.762. The summed E-state index contributed by atoms with van der Waals surface area (Å²) < 4.78 is 1.68. The number of aromatic nitrogens is 2. The maximum Gasteiger partial charge on any atom is 0.288 e. The molecule has 4 rings (SSSR count). The number of nitrogens with one attached hydrogen (secondary N) is 1. The number of imidazole rings is 1. The van der Waals surface area contributed by atoms with Crippen molar-refractivity contribution in [2.45, 2.75) is 32.7 Å². The Bertz CT molecular complexity index is 1050. The van der Waals surface area contributed by atoms with Crippen LogP contribution in [0.25, 0.3) is 5.52 Å². The molecule has 138 valence electrons. The Hall–Kier alpha value is -3.15. The Labute approximate surface area is 157 Å². The van der Waals surface area contributed by atoms with E-state index in [4.69, 9.17) is 0 Å². The molecule has 1 N–H and O–H groups in total. The van der Waals surface area contributed by atoms with Crippen LogP contribution >= 0.6 is 0 Å². The summed E-state index contributed by atoms with van der Waals surface area (Å²) in [6.07, 6.45) is 2.58. The maximum atomic E-state index is 13.3. The van der Waals surface area contributed by atoms with Crippen molar-refractivity contribution in [3.8, 4) is 0 Å². The van der Waals surface area contributed by atoms with Crippen molar-refractivity contribution in [1.29, 1.82) is 0 Å². The molecule has 1 aromatic carbocycles. The second kappa shape index (κ2) is 6.23. The number of benzene rings is 1. The third-order valence-electron chi connectivity index (χ3n) is 4.57. The normalized spacial score (nSPS) is 13.7. The number of rotatable bonds is 2. The average Bonchev–Trinajstić information content (AvgIpc) is 3.22. The van der Waals surface area contributed by atoms with Gasteiger partial charge in [-0.1, -0.05) is 24.3 Å². The molecular formula is C21H22N4O2. The highest BCUT2D eigenvalue weighted by Crippen LogP contribution is 2.29. The minimum atomic E-state index is -0.393. The number of nitrogens with zero attached hydrogens (tertiary/aromatic N) is 3. The third kappa shape index (κ3) is 3.07. The molecular weight excluding hydrogens is 340 g/mol. The Kier molecular flexibility index (Phi) is 3.98. The molecule has 3 aromatic rings. The zero-order valence-electron chi connectivity index (χ0n) is 15.7. The fourth-order valence-corrected chi connectivity index (χ4v) is 3.43. The Morgan fingerprint density at radius 2 is 1.81 bits per heavy atom. The van der Waals surface area contributed by atoms with Gasteiger partial charge in [-0.05, 0) is 51.0 Å². The van der Waals surface area contributed by atoms with Gasteiger partial charge in [-0.25, -0.2) is 4.98 Å². The summed E-state index contributed by atoms with van der Waals surface area (Å²) in [5.74, 6) is -0.264. The number of fused-ring (bicyclic) bond motifs is 2. The molecule has 3 heterocycles. The molecule has 0 saturated carbocycles. The number of hydrogen-bond donors (Lipinski definition) is 1. The lowest BCUT2D eigenvalue weighted by molar-refractivity contribution is 0.0908. The van der Waals surface area contributed by atoms with E-state index in [-0.39, 0.29) is 17.6 Å². The van der Waals surface area contributed by atoms with Crippen LogP contribution in [0.1, 0.15) is 47.4 Å². The smallest absolute Gasteiger partial charge is 0.288 e. The van der Waals surface area contributed by atoms with Gasteiger partial charge in [0.1, 0.15) is 0 Å². The largest absolute Gasteiger partial charge is 0.345 e. The van der Waals surface area contributed by atoms with Crippen LogP contribution in [0.3, 0.4) is 0 Å². The van der Waals surface area contributed by atoms with Gasteiger partial charge in [0, 0.05) is 24.0 Å². The second-order valence-electron chi connectivity index (χ2n) is 7.78. The van der Waals surface area contributed by atoms with Gasteiger partial charge in [-0.2, -0.15) is 0 Å². The van der Waals surface area contributed by atoms with E-state index < -0.39 is 5.54 Å². The van der Waals surface area contributed by atoms with Crippen LogP contribution in [0, 0.1) is 0 Å². The molecule has 1 aliphatic heterocycles. The molecule has 1 aliphatic rings. The predicted octanol–water partition coefficient (Wildman–Crippen LogP) is 3.07. The molecule has 2 aromatic heterocycles. The zero-order valence-corrected chi connectivity index (χ0v) is 15.7. The predicted molar refractivity (Wildman–Crippen MR) is 104 cm³/mol. The molecule has 6 heteroatoms. The molecule has 0 saturated heterocycles. The summed E-state index contributed by atoms with van der Waals surface area (Å²) in [7, 11) is 0. The van der Waals surface area contributed by atoms with Crippen LogP contribution in [0.2, 0.25) is 0 Å². The fraction of sp³-hybridized carbons (Fsp3) is 0.286. The van der Waals surface area contributed by atoms with Crippen LogP contribution in [0.15, 0.2) is 48.7 Å². The Morgan fingerprint density at radius 1 is 1.07 bits per heavy atom. The lowest BCUT2D eigenvalue weighted by Gasteiger charge is -2.19. The van der Waals surface area contributed by atoms with Crippen LogP contribution in [-0.4, -0.2) is 33.3 Å². The van der Waals surface area contributed by atoms with Gasteiger partial charge in [0.25, 0.3) is 11.8 Å². The summed E-state index contributed by atoms with van der Waals surface area (Å²) in [6.45, 7) is 6.35. The van der Waals surface area contributed by atoms with Gasteiger partial charge in [0.05, 0.1) is 5.52 Å². The molecule has 0 radical (unpaired) electrons. The number of carbonyl (C=O) groups is 2. The molecule has 0 fully saturated rings. The summed E-state index contributed by atoms with van der Waals surface area (Å²) in [5, 5.41) is 2.92. The van der Waals surface area contributed by atoms with Gasteiger partial charge in [0.15, 0.2) is 5.69 Å². The van der Waals surface area contributed by atoms with E-state index in [1.54, 1.807) is 15.5 Å². The third-order valence-corrected chi connectivity index (χ3v) is 4.57. The zero-order chi connectivity index (χ0) is 19.2. The highest BCUT2D eigenvalue weighted by molar-refractivity contribution is 6.11. The van der Waals surface area contributed by atoms with Crippen molar-refractivity contribution in [3.63, 3.8) is 0 Å². The second-order valence-corrected chi connectivity index (χ2v) is 7.78. The van der Waals surface area contributed by atoms with E-state index in [9.17, 15) is 9.59 Å². The first-order valence-corrected chi connectivity index (χ1v) is 9.04. The molecule has 0 aliphatic carbocycles. The van der Waals surface area contributed by atoms with E-state index in [0.29, 0.717) is 17.8 Å². The Morgan fingerprint density at radius 3 is 2.59 bits per heavy atom. The van der Waals surface area contributed by atoms with Crippen molar-refractivity contribution in [2.24, 2.45) is 0 Å². The maximum absolute atomic E-state index is 13.3. The van der Waals surface area contributed by atoms with E-state index >= 15 is 0 Å². The van der Waals surface area contributed by atoms with Crippen molar-refractivity contribution in [2.75, 3.05) is 11.4 Å². The van der Waals surface area contributed by atoms with Crippen LogP contribution in [0.5, 0.6) is 0 Å². The molecule has 0 unspecified atom stereocenters. The lowest BCUT2D eigenvalue weighted by atomic mass is 10.1. The van der Waals surface area contributed by atoms with Crippen molar-refractivity contribution in [1.82, 2.24) is 14.7 Å². The van der Waals surface area contributed by atoms with E-state index in [1.165, 1.54) is 0 Å². The molecule has 0 spiro atoms. The number of anilines is 1. The highest BCUT2D eigenvalue weighted by Gasteiger charge is 2.30. The SMILES string of the molecule is CC(C)(C)NC(=O)c1nc(C(=O)N2CCc3ccccc32)c2ccccn12. The van der Waals surface area contributed by atoms with Crippen LogP contribution in [-0.2, 0) is 6.42 Å². The van der Waals surface area contributed by atoms with Crippen molar-refractivity contribution < 1.29 is 9.59 Å². The highest BCUT2D eigenvalue weighted by atomic mass is 16.2.